The molecule has 0 N–H and O–H groups in total. The molecule has 0 amide bonds. The van der Waals surface area contributed by atoms with Crippen molar-refractivity contribution in [2.24, 2.45) is 0 Å². The number of rotatable bonds is 3. The van der Waals surface area contributed by atoms with Crippen molar-refractivity contribution in [2.45, 2.75) is 19.4 Å². The maximum atomic E-state index is 11.4. The van der Waals surface area contributed by atoms with Gasteiger partial charge >= 0.3 is 0 Å². The predicted molar refractivity (Wildman–Crippen MR) is 83.6 cm³/mol. The lowest BCUT2D eigenvalue weighted by Crippen LogP contribution is -2.14. The Bertz CT molecular complexity index is 679. The fraction of sp³-hybridized carbons (Fsp3) is 0.267. The number of alkyl halides is 1. The lowest BCUT2D eigenvalue weighted by atomic mass is 10.1. The molecule has 0 spiro atoms. The number of Topliss-reactive ketones (excluding diaryl/α,β-unsaturated/α-hetero) is 1. The molecule has 1 aliphatic heterocycles. The average molecular weight is 327 g/mol. The van der Waals surface area contributed by atoms with Crippen LogP contribution in [0, 0.1) is 0 Å². The van der Waals surface area contributed by atoms with E-state index in [9.17, 15) is 4.79 Å². The highest BCUT2D eigenvalue weighted by atomic mass is 35.5. The van der Waals surface area contributed by atoms with E-state index in [1.54, 1.807) is 6.92 Å². The molecule has 1 aromatic carbocycles. The molecular formula is C15H12Cl2O2S. The van der Waals surface area contributed by atoms with Crippen molar-refractivity contribution in [3.8, 4) is 16.2 Å². The summed E-state index contributed by atoms with van der Waals surface area (Å²) in [6, 6.07) is 7.76. The largest absolute Gasteiger partial charge is 0.487 e. The van der Waals surface area contributed by atoms with Gasteiger partial charge in [-0.3, -0.25) is 4.79 Å². The summed E-state index contributed by atoms with van der Waals surface area (Å²) in [6.45, 7) is 1.57. The first-order valence-corrected chi connectivity index (χ1v) is 7.97. The van der Waals surface area contributed by atoms with E-state index >= 15 is 0 Å². The van der Waals surface area contributed by atoms with E-state index < -0.39 is 0 Å². The minimum Gasteiger partial charge on any atom is -0.487 e. The zero-order valence-corrected chi connectivity index (χ0v) is 13.1. The molecule has 0 fully saturated rings. The minimum atomic E-state index is -0.00414. The van der Waals surface area contributed by atoms with E-state index in [0.717, 1.165) is 33.1 Å². The summed E-state index contributed by atoms with van der Waals surface area (Å²) in [5.41, 5.74) is 2.10. The van der Waals surface area contributed by atoms with E-state index in [1.807, 2.05) is 18.2 Å². The molecule has 0 radical (unpaired) electrons. The van der Waals surface area contributed by atoms with Crippen LogP contribution in [0.3, 0.4) is 0 Å². The van der Waals surface area contributed by atoms with Gasteiger partial charge in [0.05, 0.1) is 15.8 Å². The first kappa shape index (κ1) is 13.9. The second-order valence-corrected chi connectivity index (χ2v) is 6.56. The van der Waals surface area contributed by atoms with Gasteiger partial charge in [-0.2, -0.15) is 0 Å². The molecule has 1 aliphatic rings. The van der Waals surface area contributed by atoms with Gasteiger partial charge in [0, 0.05) is 16.9 Å². The molecule has 0 bridgehead atoms. The van der Waals surface area contributed by atoms with Gasteiger partial charge in [-0.05, 0) is 36.8 Å². The van der Waals surface area contributed by atoms with Gasteiger partial charge in [0.2, 0.25) is 0 Å². The number of ether oxygens (including phenoxy) is 1. The van der Waals surface area contributed by atoms with Crippen LogP contribution in [0.1, 0.15) is 22.2 Å². The molecule has 0 saturated heterocycles. The third kappa shape index (κ3) is 2.46. The van der Waals surface area contributed by atoms with E-state index in [1.165, 1.54) is 11.3 Å². The second kappa shape index (κ2) is 5.40. The molecular weight excluding hydrogens is 315 g/mol. The zero-order chi connectivity index (χ0) is 14.3. The molecule has 2 nitrogen and oxygen atoms in total. The lowest BCUT2D eigenvalue weighted by Gasteiger charge is -2.07. The smallest absolute Gasteiger partial charge is 0.169 e. The Morgan fingerprint density at radius 1 is 1.45 bits per heavy atom. The molecule has 3 rings (SSSR count). The van der Waals surface area contributed by atoms with E-state index in [2.05, 4.69) is 6.07 Å². The summed E-state index contributed by atoms with van der Waals surface area (Å²) < 4.78 is 5.71. The Labute approximate surface area is 131 Å². The van der Waals surface area contributed by atoms with Crippen LogP contribution < -0.4 is 4.74 Å². The maximum absolute atomic E-state index is 11.4. The molecule has 1 unspecified atom stereocenters. The fourth-order valence-electron chi connectivity index (χ4n) is 2.30. The number of ketones is 1. The maximum Gasteiger partial charge on any atom is 0.169 e. The van der Waals surface area contributed by atoms with Crippen molar-refractivity contribution in [2.75, 3.05) is 5.88 Å². The number of halogens is 2. The van der Waals surface area contributed by atoms with Crippen molar-refractivity contribution < 1.29 is 9.53 Å². The Morgan fingerprint density at radius 2 is 2.25 bits per heavy atom. The molecule has 5 heteroatoms. The Kier molecular flexibility index (Phi) is 3.76. The minimum absolute atomic E-state index is 0.00414. The Balaban J connectivity index is 2.00. The Hall–Kier alpha value is -1.03. The number of hydrogen-bond acceptors (Lipinski definition) is 3. The number of fused-ring (bicyclic) bond motifs is 1. The van der Waals surface area contributed by atoms with Gasteiger partial charge in [0.25, 0.3) is 0 Å². The van der Waals surface area contributed by atoms with Crippen LogP contribution in [0.4, 0.5) is 0 Å². The van der Waals surface area contributed by atoms with E-state index in [4.69, 9.17) is 27.9 Å². The van der Waals surface area contributed by atoms with Crippen molar-refractivity contribution >= 4 is 40.3 Å². The molecule has 104 valence electrons. The number of thiophene rings is 1. The molecule has 2 aromatic rings. The van der Waals surface area contributed by atoms with Gasteiger partial charge in [-0.1, -0.05) is 11.6 Å². The van der Waals surface area contributed by atoms with Crippen molar-refractivity contribution in [1.29, 1.82) is 0 Å². The van der Waals surface area contributed by atoms with Crippen LogP contribution in [0.2, 0.25) is 5.02 Å². The molecule has 1 atom stereocenters. The number of carbonyl (C=O) groups excluding carboxylic acids is 1. The zero-order valence-electron chi connectivity index (χ0n) is 10.8. The second-order valence-electron chi connectivity index (χ2n) is 4.76. The average Bonchev–Trinajstić information content (AvgIpc) is 3.05. The molecule has 0 saturated carbocycles. The number of carbonyl (C=O) groups is 1. The predicted octanol–water partition coefficient (Wildman–Crippen LogP) is 4.81. The standard InChI is InChI=1S/C15H12Cl2O2S/c1-8(18)13-2-3-14(20-13)9-4-10-5-11(7-16)19-15(10)12(17)6-9/h2-4,6,11H,5,7H2,1H3. The summed E-state index contributed by atoms with van der Waals surface area (Å²) in [5, 5.41) is 0.600. The highest BCUT2D eigenvalue weighted by Gasteiger charge is 2.25. The van der Waals surface area contributed by atoms with Crippen molar-refractivity contribution in [3.05, 3.63) is 39.7 Å². The quantitative estimate of drug-likeness (QED) is 0.597. The van der Waals surface area contributed by atoms with Crippen LogP contribution in [-0.4, -0.2) is 17.8 Å². The first-order chi connectivity index (χ1) is 9.58. The van der Waals surface area contributed by atoms with E-state index in [-0.39, 0.29) is 11.9 Å². The highest BCUT2D eigenvalue weighted by molar-refractivity contribution is 7.17. The molecule has 1 aromatic heterocycles. The van der Waals surface area contributed by atoms with Gasteiger partial charge < -0.3 is 4.74 Å². The third-order valence-electron chi connectivity index (χ3n) is 3.26. The summed E-state index contributed by atoms with van der Waals surface area (Å²) >= 11 is 13.6. The van der Waals surface area contributed by atoms with Gasteiger partial charge in [0.15, 0.2) is 5.78 Å². The van der Waals surface area contributed by atoms with Crippen LogP contribution >= 0.6 is 34.5 Å². The highest BCUT2D eigenvalue weighted by Crippen LogP contribution is 2.41. The third-order valence-corrected chi connectivity index (χ3v) is 5.12. The lowest BCUT2D eigenvalue weighted by molar-refractivity contribution is 0.102. The van der Waals surface area contributed by atoms with Crippen LogP contribution in [0.25, 0.3) is 10.4 Å². The van der Waals surface area contributed by atoms with Crippen LogP contribution in [0.15, 0.2) is 24.3 Å². The van der Waals surface area contributed by atoms with Gasteiger partial charge in [-0.15, -0.1) is 22.9 Å². The monoisotopic (exact) mass is 326 g/mol. The summed E-state index contributed by atoms with van der Waals surface area (Å²) in [6.07, 6.45) is 0.771. The summed E-state index contributed by atoms with van der Waals surface area (Å²) in [4.78, 5) is 13.2. The normalized spacial score (nSPS) is 16.9. The van der Waals surface area contributed by atoms with Crippen molar-refractivity contribution in [3.63, 3.8) is 0 Å². The topological polar surface area (TPSA) is 26.3 Å². The van der Waals surface area contributed by atoms with Crippen molar-refractivity contribution in [1.82, 2.24) is 0 Å². The van der Waals surface area contributed by atoms with E-state index in [0.29, 0.717) is 10.9 Å². The number of hydrogen-bond donors (Lipinski definition) is 0. The fourth-order valence-corrected chi connectivity index (χ4v) is 3.64. The molecule has 2 heterocycles. The SMILES string of the molecule is CC(=O)c1ccc(-c2cc(Cl)c3c(c2)CC(CCl)O3)s1. The summed E-state index contributed by atoms with van der Waals surface area (Å²) in [5.74, 6) is 1.27. The number of benzene rings is 1. The van der Waals surface area contributed by atoms with Crippen LogP contribution in [-0.2, 0) is 6.42 Å². The summed E-state index contributed by atoms with van der Waals surface area (Å²) in [7, 11) is 0. The molecule has 20 heavy (non-hydrogen) atoms. The van der Waals surface area contributed by atoms with Crippen LogP contribution in [0.5, 0.6) is 5.75 Å². The van der Waals surface area contributed by atoms with Gasteiger partial charge in [0.1, 0.15) is 11.9 Å². The molecule has 0 aliphatic carbocycles. The Morgan fingerprint density at radius 3 is 2.90 bits per heavy atom. The first-order valence-electron chi connectivity index (χ1n) is 6.24. The van der Waals surface area contributed by atoms with Gasteiger partial charge in [-0.25, -0.2) is 0 Å².